The summed E-state index contributed by atoms with van der Waals surface area (Å²) in [5, 5.41) is 0. The molecule has 0 saturated carbocycles. The first-order chi connectivity index (χ1) is 6.51. The Kier molecular flexibility index (Phi) is 3.69. The molecule has 0 saturated heterocycles. The minimum absolute atomic E-state index is 0.199. The molecule has 0 bridgehead atoms. The van der Waals surface area contributed by atoms with Crippen LogP contribution in [0.2, 0.25) is 0 Å². The molecule has 0 atom stereocenters. The molecule has 1 aromatic carbocycles. The lowest BCUT2D eigenvalue weighted by molar-refractivity contribution is -0.274. The van der Waals surface area contributed by atoms with Crippen LogP contribution in [0.25, 0.3) is 0 Å². The number of rotatable bonds is 3. The summed E-state index contributed by atoms with van der Waals surface area (Å²) in [5.74, 6) is 0.474. The monoisotopic (exact) mass is 221 g/mol. The van der Waals surface area contributed by atoms with Crippen molar-refractivity contribution < 1.29 is 17.9 Å². The fourth-order valence-corrected chi connectivity index (χ4v) is 1.33. The van der Waals surface area contributed by atoms with E-state index in [1.165, 1.54) is 23.9 Å². The minimum Gasteiger partial charge on any atom is -0.406 e. The van der Waals surface area contributed by atoms with Crippen LogP contribution in [0.3, 0.4) is 0 Å². The Morgan fingerprint density at radius 3 is 2.21 bits per heavy atom. The molecule has 77 valence electrons. The van der Waals surface area contributed by atoms with Crippen molar-refractivity contribution in [2.75, 3.05) is 0 Å². The maximum absolute atomic E-state index is 11.8. The van der Waals surface area contributed by atoms with Crippen LogP contribution in [0, 0.1) is 6.26 Å². The van der Waals surface area contributed by atoms with Crippen molar-refractivity contribution in [2.45, 2.75) is 12.1 Å². The van der Waals surface area contributed by atoms with Crippen LogP contribution in [0.4, 0.5) is 13.2 Å². The van der Waals surface area contributed by atoms with Gasteiger partial charge in [-0.25, -0.2) is 0 Å². The molecule has 0 aromatic heterocycles. The second-order valence-electron chi connectivity index (χ2n) is 2.54. The average Bonchev–Trinajstić information content (AvgIpc) is 2.06. The van der Waals surface area contributed by atoms with E-state index in [4.69, 9.17) is 0 Å². The first-order valence-corrected chi connectivity index (χ1v) is 4.88. The fourth-order valence-electron chi connectivity index (χ4n) is 0.905. The fraction of sp³-hybridized carbons (Fsp3) is 0.222. The van der Waals surface area contributed by atoms with Gasteiger partial charge in [0.2, 0.25) is 0 Å². The Hall–Kier alpha value is -0.840. The van der Waals surface area contributed by atoms with Gasteiger partial charge in [-0.15, -0.1) is 13.2 Å². The molecule has 0 aliphatic heterocycles. The zero-order valence-electron chi connectivity index (χ0n) is 7.17. The van der Waals surface area contributed by atoms with Crippen LogP contribution >= 0.6 is 11.8 Å². The maximum atomic E-state index is 11.8. The van der Waals surface area contributed by atoms with E-state index in [2.05, 4.69) is 11.0 Å². The number of alkyl halides is 3. The van der Waals surface area contributed by atoms with Crippen molar-refractivity contribution in [3.8, 4) is 5.75 Å². The largest absolute Gasteiger partial charge is 0.573 e. The van der Waals surface area contributed by atoms with E-state index in [1.54, 1.807) is 12.1 Å². The summed E-state index contributed by atoms with van der Waals surface area (Å²) in [6.07, 6.45) is -1.05. The van der Waals surface area contributed by atoms with Crippen LogP contribution < -0.4 is 4.74 Å². The highest BCUT2D eigenvalue weighted by molar-refractivity contribution is 7.99. The first kappa shape index (κ1) is 11.2. The molecule has 14 heavy (non-hydrogen) atoms. The summed E-state index contributed by atoms with van der Waals surface area (Å²) < 4.78 is 39.0. The summed E-state index contributed by atoms with van der Waals surface area (Å²) in [4.78, 5) is 0. The molecule has 0 aliphatic carbocycles. The van der Waals surface area contributed by atoms with Gasteiger partial charge in [0.15, 0.2) is 0 Å². The summed E-state index contributed by atoms with van der Waals surface area (Å²) in [6.45, 7) is 0. The topological polar surface area (TPSA) is 9.23 Å². The van der Waals surface area contributed by atoms with Crippen molar-refractivity contribution in [1.82, 2.24) is 0 Å². The molecule has 5 heteroatoms. The van der Waals surface area contributed by atoms with Gasteiger partial charge in [0.1, 0.15) is 5.75 Å². The highest BCUT2D eigenvalue weighted by atomic mass is 32.2. The number of thioether (sulfide) groups is 1. The quantitative estimate of drug-likeness (QED) is 0.771. The zero-order valence-corrected chi connectivity index (χ0v) is 7.99. The number of benzene rings is 1. The third kappa shape index (κ3) is 3.91. The maximum Gasteiger partial charge on any atom is 0.573 e. The Morgan fingerprint density at radius 2 is 1.79 bits per heavy atom. The smallest absolute Gasteiger partial charge is 0.406 e. The van der Waals surface area contributed by atoms with E-state index in [9.17, 15) is 13.2 Å². The Balaban J connectivity index is 2.64. The molecule has 1 rings (SSSR count). The van der Waals surface area contributed by atoms with Gasteiger partial charge in [-0.05, 0) is 17.7 Å². The highest BCUT2D eigenvalue weighted by Crippen LogP contribution is 2.23. The molecule has 0 aliphatic rings. The van der Waals surface area contributed by atoms with E-state index in [-0.39, 0.29) is 5.75 Å². The predicted molar refractivity (Wildman–Crippen MR) is 49.8 cm³/mol. The molecule has 0 spiro atoms. The van der Waals surface area contributed by atoms with Crippen LogP contribution in [0.1, 0.15) is 5.56 Å². The molecule has 0 N–H and O–H groups in total. The minimum atomic E-state index is -4.62. The van der Waals surface area contributed by atoms with E-state index >= 15 is 0 Å². The number of halogens is 3. The standard InChI is InChI=1S/C9H8F3OS/c1-14-6-7-2-4-8(5-3-7)13-9(10,11)12/h2-5H,1,6H2. The summed E-state index contributed by atoms with van der Waals surface area (Å²) >= 11 is 1.36. The Bertz CT molecular complexity index is 281. The molecule has 0 unspecified atom stereocenters. The van der Waals surface area contributed by atoms with Crippen molar-refractivity contribution in [1.29, 1.82) is 0 Å². The summed E-state index contributed by atoms with van der Waals surface area (Å²) in [7, 11) is 0. The molecule has 0 amide bonds. The van der Waals surface area contributed by atoms with E-state index in [1.807, 2.05) is 0 Å². The molecule has 1 nitrogen and oxygen atoms in total. The predicted octanol–water partition coefficient (Wildman–Crippen LogP) is 3.61. The molecular weight excluding hydrogens is 213 g/mol. The number of hydrogen-bond acceptors (Lipinski definition) is 2. The number of hydrogen-bond donors (Lipinski definition) is 0. The van der Waals surface area contributed by atoms with Gasteiger partial charge < -0.3 is 4.74 Å². The van der Waals surface area contributed by atoms with Crippen LogP contribution in [-0.4, -0.2) is 6.36 Å². The van der Waals surface area contributed by atoms with Gasteiger partial charge in [-0.2, -0.15) is 11.8 Å². The first-order valence-electron chi connectivity index (χ1n) is 3.73. The molecule has 0 fully saturated rings. The van der Waals surface area contributed by atoms with Gasteiger partial charge in [-0.3, -0.25) is 0 Å². The third-order valence-corrected chi connectivity index (χ3v) is 1.96. The van der Waals surface area contributed by atoms with Crippen LogP contribution in [-0.2, 0) is 5.75 Å². The van der Waals surface area contributed by atoms with Crippen LogP contribution in [0.15, 0.2) is 24.3 Å². The lowest BCUT2D eigenvalue weighted by Crippen LogP contribution is -2.16. The molecule has 0 heterocycles. The van der Waals surface area contributed by atoms with Crippen molar-refractivity contribution in [3.63, 3.8) is 0 Å². The van der Waals surface area contributed by atoms with Gasteiger partial charge in [0.05, 0.1) is 0 Å². The number of ether oxygens (including phenoxy) is 1. The van der Waals surface area contributed by atoms with E-state index < -0.39 is 6.36 Å². The lowest BCUT2D eigenvalue weighted by Gasteiger charge is -2.08. The van der Waals surface area contributed by atoms with Gasteiger partial charge in [-0.1, -0.05) is 12.1 Å². The summed E-state index contributed by atoms with van der Waals surface area (Å²) in [5.41, 5.74) is 0.916. The van der Waals surface area contributed by atoms with Gasteiger partial charge >= 0.3 is 6.36 Å². The van der Waals surface area contributed by atoms with E-state index in [0.717, 1.165) is 5.56 Å². The average molecular weight is 221 g/mol. The van der Waals surface area contributed by atoms with Gasteiger partial charge in [0.25, 0.3) is 0 Å². The van der Waals surface area contributed by atoms with E-state index in [0.29, 0.717) is 5.75 Å². The summed E-state index contributed by atoms with van der Waals surface area (Å²) in [6, 6.07) is 5.75. The second kappa shape index (κ2) is 4.59. The Morgan fingerprint density at radius 1 is 1.21 bits per heavy atom. The second-order valence-corrected chi connectivity index (χ2v) is 3.24. The Labute approximate surface area is 84.3 Å². The van der Waals surface area contributed by atoms with Crippen molar-refractivity contribution in [3.05, 3.63) is 36.1 Å². The normalized spacial score (nSPS) is 11.4. The molecular formula is C9H8F3OS. The SMILES string of the molecule is [CH2]SCc1ccc(OC(F)(F)F)cc1. The van der Waals surface area contributed by atoms with Crippen LogP contribution in [0.5, 0.6) is 5.75 Å². The van der Waals surface area contributed by atoms with Gasteiger partial charge in [0, 0.05) is 12.0 Å². The zero-order chi connectivity index (χ0) is 10.6. The highest BCUT2D eigenvalue weighted by Gasteiger charge is 2.30. The van der Waals surface area contributed by atoms with Crippen molar-refractivity contribution >= 4 is 11.8 Å². The molecule has 1 aromatic rings. The van der Waals surface area contributed by atoms with Crippen molar-refractivity contribution in [2.24, 2.45) is 0 Å². The third-order valence-electron chi connectivity index (χ3n) is 1.43. The molecule has 1 radical (unpaired) electrons. The lowest BCUT2D eigenvalue weighted by atomic mass is 10.2.